The van der Waals surface area contributed by atoms with E-state index in [4.69, 9.17) is 16.6 Å². The van der Waals surface area contributed by atoms with Crippen molar-refractivity contribution in [3.63, 3.8) is 0 Å². The largest absolute Gasteiger partial charge is 0.364 e. The zero-order chi connectivity index (χ0) is 28.8. The van der Waals surface area contributed by atoms with Crippen molar-refractivity contribution < 1.29 is 9.59 Å². The fraction of sp³-hybridized carbons (Fsp3) is 0.414. The minimum atomic E-state index is 0.00528. The first-order chi connectivity index (χ1) is 20.4. The minimum Gasteiger partial charge on any atom is -0.364 e. The van der Waals surface area contributed by atoms with Crippen LogP contribution in [0.1, 0.15) is 23.2 Å². The van der Waals surface area contributed by atoms with Crippen LogP contribution in [0.2, 0.25) is 5.02 Å². The second kappa shape index (κ2) is 10.9. The number of carbonyl (C=O) groups is 2. The third kappa shape index (κ3) is 5.05. The number of fused-ring (bicyclic) bond motifs is 3. The molecule has 2 bridgehead atoms. The van der Waals surface area contributed by atoms with Crippen LogP contribution < -0.4 is 10.2 Å². The number of aromatic nitrogens is 5. The molecule has 0 spiro atoms. The van der Waals surface area contributed by atoms with E-state index in [1.165, 1.54) is 0 Å². The van der Waals surface area contributed by atoms with Gasteiger partial charge in [-0.2, -0.15) is 10.1 Å². The third-order valence-electron chi connectivity index (χ3n) is 8.55. The summed E-state index contributed by atoms with van der Waals surface area (Å²) in [5.41, 5.74) is 2.99. The number of hydrogen-bond acceptors (Lipinski definition) is 8. The summed E-state index contributed by atoms with van der Waals surface area (Å²) in [5.74, 6) is 0.518. The van der Waals surface area contributed by atoms with Gasteiger partial charge in [0.05, 0.1) is 28.2 Å². The van der Waals surface area contributed by atoms with E-state index >= 15 is 0 Å². The Kier molecular flexibility index (Phi) is 6.95. The van der Waals surface area contributed by atoms with Gasteiger partial charge in [0, 0.05) is 63.7 Å². The predicted molar refractivity (Wildman–Crippen MR) is 159 cm³/mol. The number of likely N-dealkylation sites (N-methyl/N-ethyl adjacent to an activating group) is 1. The van der Waals surface area contributed by atoms with Gasteiger partial charge < -0.3 is 24.9 Å². The van der Waals surface area contributed by atoms with Crippen molar-refractivity contribution in [2.24, 2.45) is 0 Å². The van der Waals surface area contributed by atoms with Gasteiger partial charge in [0.15, 0.2) is 5.65 Å². The van der Waals surface area contributed by atoms with Crippen LogP contribution in [0.3, 0.4) is 0 Å². The van der Waals surface area contributed by atoms with Crippen LogP contribution in [0.5, 0.6) is 0 Å². The fourth-order valence-electron chi connectivity index (χ4n) is 6.34. The van der Waals surface area contributed by atoms with Gasteiger partial charge in [-0.25, -0.2) is 4.52 Å². The Bertz CT molecular complexity index is 1610. The van der Waals surface area contributed by atoms with Crippen molar-refractivity contribution in [2.75, 3.05) is 56.5 Å². The maximum absolute atomic E-state index is 13.4. The van der Waals surface area contributed by atoms with Gasteiger partial charge in [0.2, 0.25) is 11.9 Å². The summed E-state index contributed by atoms with van der Waals surface area (Å²) in [6.07, 6.45) is 7.27. The topological polar surface area (TPSA) is 107 Å². The third-order valence-corrected chi connectivity index (χ3v) is 8.88. The first-order valence-corrected chi connectivity index (χ1v) is 14.7. The number of amides is 2. The molecule has 0 saturated carbocycles. The van der Waals surface area contributed by atoms with E-state index < -0.39 is 0 Å². The minimum absolute atomic E-state index is 0.00528. The van der Waals surface area contributed by atoms with Gasteiger partial charge in [0.1, 0.15) is 6.54 Å². The summed E-state index contributed by atoms with van der Waals surface area (Å²) < 4.78 is 3.41. The number of hydrogen-bond donors (Lipinski definition) is 1. The summed E-state index contributed by atoms with van der Waals surface area (Å²) in [6.45, 7) is 4.88. The molecule has 3 fully saturated rings. The number of nitrogens with one attached hydrogen (secondary N) is 1. The summed E-state index contributed by atoms with van der Waals surface area (Å²) in [4.78, 5) is 39.4. The molecular weight excluding hydrogens is 556 g/mol. The van der Waals surface area contributed by atoms with Gasteiger partial charge in [-0.15, -0.1) is 5.10 Å². The SMILES string of the molecule is CN1CCN(C(=O)Cn2cc(Nc3nc4c(N5CC6CCC(C5)N6C(=O)c5ccccc5Cl)cccn4n3)cn2)CC1. The molecule has 13 heteroatoms. The monoisotopic (exact) mass is 588 g/mol. The molecule has 3 aliphatic rings. The summed E-state index contributed by atoms with van der Waals surface area (Å²) in [6, 6.07) is 11.5. The van der Waals surface area contributed by atoms with Gasteiger partial charge in [-0.05, 0) is 44.2 Å². The molecule has 42 heavy (non-hydrogen) atoms. The summed E-state index contributed by atoms with van der Waals surface area (Å²) >= 11 is 6.36. The number of halogens is 1. The predicted octanol–water partition coefficient (Wildman–Crippen LogP) is 2.59. The zero-order valence-electron chi connectivity index (χ0n) is 23.4. The smallest absolute Gasteiger partial charge is 0.255 e. The molecular formula is C29H33ClN10O2. The molecule has 3 aliphatic heterocycles. The standard InChI is InChI=1S/C29H33ClN10O2/c1-35-11-13-36(14-12-35)26(41)19-38-16-20(15-31-38)32-29-33-27-25(7-4-10-39(27)34-29)37-17-21-8-9-22(18-37)40(21)28(42)23-5-2-3-6-24(23)30/h2-7,10,15-16,21-22H,8-9,11-14,17-19H2,1H3,(H,32,34). The van der Waals surface area contributed by atoms with Crippen molar-refractivity contribution in [1.82, 2.24) is 39.1 Å². The van der Waals surface area contributed by atoms with E-state index in [0.29, 0.717) is 22.2 Å². The summed E-state index contributed by atoms with van der Waals surface area (Å²) in [5, 5.41) is 12.7. The van der Waals surface area contributed by atoms with Gasteiger partial charge in [0.25, 0.3) is 5.91 Å². The molecule has 0 aliphatic carbocycles. The van der Waals surface area contributed by atoms with E-state index in [0.717, 1.165) is 63.4 Å². The Hall–Kier alpha value is -4.16. The number of pyridine rings is 1. The van der Waals surface area contributed by atoms with Crippen molar-refractivity contribution in [3.05, 3.63) is 65.6 Å². The van der Waals surface area contributed by atoms with E-state index in [1.807, 2.05) is 34.2 Å². The van der Waals surface area contributed by atoms with E-state index in [-0.39, 0.29) is 30.4 Å². The molecule has 2 amide bonds. The number of nitrogens with zero attached hydrogens (tertiary/aromatic N) is 9. The van der Waals surface area contributed by atoms with Crippen molar-refractivity contribution in [1.29, 1.82) is 0 Å². The number of carbonyl (C=O) groups excluding carboxylic acids is 2. The van der Waals surface area contributed by atoms with E-state index in [1.54, 1.807) is 33.7 Å². The molecule has 1 aromatic carbocycles. The van der Waals surface area contributed by atoms with Crippen LogP contribution in [0.15, 0.2) is 55.0 Å². The maximum Gasteiger partial charge on any atom is 0.255 e. The lowest BCUT2D eigenvalue weighted by molar-refractivity contribution is -0.133. The van der Waals surface area contributed by atoms with Crippen LogP contribution in [0.4, 0.5) is 17.3 Å². The van der Waals surface area contributed by atoms with Crippen molar-refractivity contribution in [3.8, 4) is 0 Å². The fourth-order valence-corrected chi connectivity index (χ4v) is 6.55. The molecule has 2 atom stereocenters. The normalized spacial score (nSPS) is 20.9. The van der Waals surface area contributed by atoms with Crippen LogP contribution in [-0.2, 0) is 11.3 Å². The lowest BCUT2D eigenvalue weighted by atomic mass is 10.1. The average molecular weight is 589 g/mol. The molecule has 3 aromatic heterocycles. The summed E-state index contributed by atoms with van der Waals surface area (Å²) in [7, 11) is 2.07. The molecule has 1 N–H and O–H groups in total. The average Bonchev–Trinajstić information content (AvgIpc) is 3.68. The maximum atomic E-state index is 13.4. The molecule has 218 valence electrons. The van der Waals surface area contributed by atoms with Gasteiger partial charge in [-0.1, -0.05) is 23.7 Å². The van der Waals surface area contributed by atoms with Crippen LogP contribution >= 0.6 is 11.6 Å². The van der Waals surface area contributed by atoms with Crippen molar-refractivity contribution >= 4 is 46.4 Å². The number of benzene rings is 1. The molecule has 12 nitrogen and oxygen atoms in total. The Morgan fingerprint density at radius 3 is 2.55 bits per heavy atom. The highest BCUT2D eigenvalue weighted by molar-refractivity contribution is 6.33. The Morgan fingerprint density at radius 2 is 1.79 bits per heavy atom. The van der Waals surface area contributed by atoms with E-state index in [2.05, 4.69) is 38.4 Å². The number of anilines is 3. The van der Waals surface area contributed by atoms with Gasteiger partial charge in [-0.3, -0.25) is 14.3 Å². The van der Waals surface area contributed by atoms with E-state index in [9.17, 15) is 9.59 Å². The molecule has 4 aromatic rings. The molecule has 6 heterocycles. The molecule has 0 radical (unpaired) electrons. The number of piperazine rings is 2. The first-order valence-electron chi connectivity index (χ1n) is 14.4. The van der Waals surface area contributed by atoms with Crippen LogP contribution in [0, 0.1) is 0 Å². The Labute approximate surface area is 248 Å². The molecule has 2 unspecified atom stereocenters. The van der Waals surface area contributed by atoms with Crippen molar-refractivity contribution in [2.45, 2.75) is 31.5 Å². The Morgan fingerprint density at radius 1 is 1.02 bits per heavy atom. The second-order valence-electron chi connectivity index (χ2n) is 11.3. The Balaban J connectivity index is 1.04. The highest BCUT2D eigenvalue weighted by Gasteiger charge is 2.43. The van der Waals surface area contributed by atoms with Crippen LogP contribution in [-0.4, -0.2) is 109 Å². The highest BCUT2D eigenvalue weighted by atomic mass is 35.5. The van der Waals surface area contributed by atoms with Crippen LogP contribution in [0.25, 0.3) is 5.65 Å². The van der Waals surface area contributed by atoms with Gasteiger partial charge >= 0.3 is 0 Å². The zero-order valence-corrected chi connectivity index (χ0v) is 24.2. The number of rotatable bonds is 6. The first kappa shape index (κ1) is 26.7. The molecule has 7 rings (SSSR count). The highest BCUT2D eigenvalue weighted by Crippen LogP contribution is 2.36. The molecule has 3 saturated heterocycles. The second-order valence-corrected chi connectivity index (χ2v) is 11.7. The quantitative estimate of drug-likeness (QED) is 0.366. The lowest BCUT2D eigenvalue weighted by Crippen LogP contribution is -2.56. The lowest BCUT2D eigenvalue weighted by Gasteiger charge is -2.42.